The van der Waals surface area contributed by atoms with Crippen molar-refractivity contribution in [1.29, 1.82) is 0 Å². The van der Waals surface area contributed by atoms with E-state index in [1.807, 2.05) is 0 Å². The summed E-state index contributed by atoms with van der Waals surface area (Å²) in [5, 5.41) is 12.0. The molecule has 2 rings (SSSR count). The number of hydrogen-bond acceptors (Lipinski definition) is 6. The molecule has 1 aliphatic rings. The number of nitrogens with zero attached hydrogens (tertiary/aromatic N) is 3. The second kappa shape index (κ2) is 8.28. The minimum atomic E-state index is -0.00862. The zero-order chi connectivity index (χ0) is 14.2. The Morgan fingerprint density at radius 1 is 1.25 bits per heavy atom. The van der Waals surface area contributed by atoms with Crippen LogP contribution in [0.15, 0.2) is 0 Å². The van der Waals surface area contributed by atoms with Gasteiger partial charge < -0.3 is 4.74 Å². The molecule has 112 valence electrons. The Labute approximate surface area is 123 Å². The molecule has 20 heavy (non-hydrogen) atoms. The predicted molar refractivity (Wildman–Crippen MR) is 78.8 cm³/mol. The molecular weight excluding hydrogens is 276 g/mol. The van der Waals surface area contributed by atoms with E-state index in [1.165, 1.54) is 43.4 Å². The Morgan fingerprint density at radius 2 is 1.95 bits per heavy atom. The molecular formula is C13H22N4O2S. The van der Waals surface area contributed by atoms with E-state index in [0.717, 1.165) is 18.1 Å². The zero-order valence-corrected chi connectivity index (χ0v) is 12.7. The van der Waals surface area contributed by atoms with E-state index in [1.54, 1.807) is 7.11 Å². The Balaban J connectivity index is 1.78. The SMILES string of the molecule is COCc1nnc(NC(=O)CN2CCCCCCC2)s1. The van der Waals surface area contributed by atoms with Crippen molar-refractivity contribution in [3.8, 4) is 0 Å². The van der Waals surface area contributed by atoms with E-state index >= 15 is 0 Å². The number of rotatable bonds is 5. The molecule has 6 nitrogen and oxygen atoms in total. The molecule has 0 atom stereocenters. The molecule has 0 bridgehead atoms. The smallest absolute Gasteiger partial charge is 0.240 e. The molecule has 1 fully saturated rings. The largest absolute Gasteiger partial charge is 0.377 e. The minimum absolute atomic E-state index is 0.00862. The monoisotopic (exact) mass is 298 g/mol. The van der Waals surface area contributed by atoms with E-state index in [-0.39, 0.29) is 5.91 Å². The standard InChI is InChI=1S/C13H22N4O2S/c1-19-10-12-15-16-13(20-12)14-11(18)9-17-7-5-3-2-4-6-8-17/h2-10H2,1H3,(H,14,16,18). The minimum Gasteiger partial charge on any atom is -0.377 e. The van der Waals surface area contributed by atoms with Gasteiger partial charge in [-0.25, -0.2) is 0 Å². The lowest BCUT2D eigenvalue weighted by molar-refractivity contribution is -0.117. The summed E-state index contributed by atoms with van der Waals surface area (Å²) in [4.78, 5) is 14.2. The van der Waals surface area contributed by atoms with Crippen LogP contribution in [0.3, 0.4) is 0 Å². The molecule has 0 saturated carbocycles. The third-order valence-electron chi connectivity index (χ3n) is 3.30. The fraction of sp³-hybridized carbons (Fsp3) is 0.769. The van der Waals surface area contributed by atoms with Gasteiger partial charge in [-0.05, 0) is 25.9 Å². The van der Waals surface area contributed by atoms with Crippen molar-refractivity contribution < 1.29 is 9.53 Å². The lowest BCUT2D eigenvalue weighted by atomic mass is 10.1. The van der Waals surface area contributed by atoms with Crippen LogP contribution in [0.1, 0.15) is 37.1 Å². The van der Waals surface area contributed by atoms with Gasteiger partial charge in [-0.15, -0.1) is 10.2 Å². The molecule has 0 radical (unpaired) electrons. The van der Waals surface area contributed by atoms with Gasteiger partial charge in [0, 0.05) is 7.11 Å². The Bertz CT molecular complexity index is 416. The molecule has 7 heteroatoms. The highest BCUT2D eigenvalue weighted by Gasteiger charge is 2.14. The molecule has 0 spiro atoms. The Kier molecular flexibility index (Phi) is 6.35. The molecule has 0 aromatic carbocycles. The van der Waals surface area contributed by atoms with Gasteiger partial charge in [0.2, 0.25) is 11.0 Å². The highest BCUT2D eigenvalue weighted by Crippen LogP contribution is 2.16. The predicted octanol–water partition coefficient (Wildman–Crippen LogP) is 1.89. The van der Waals surface area contributed by atoms with Gasteiger partial charge >= 0.3 is 0 Å². The summed E-state index contributed by atoms with van der Waals surface area (Å²) >= 11 is 1.36. The van der Waals surface area contributed by atoms with Gasteiger partial charge in [0.15, 0.2) is 0 Å². The number of hydrogen-bond donors (Lipinski definition) is 1. The summed E-state index contributed by atoms with van der Waals surface area (Å²) < 4.78 is 4.98. The highest BCUT2D eigenvalue weighted by atomic mass is 32.1. The summed E-state index contributed by atoms with van der Waals surface area (Å²) in [6, 6.07) is 0. The lowest BCUT2D eigenvalue weighted by Crippen LogP contribution is -2.35. The number of aromatic nitrogens is 2. The van der Waals surface area contributed by atoms with Crippen LogP contribution in [0.25, 0.3) is 0 Å². The van der Waals surface area contributed by atoms with Crippen LogP contribution >= 0.6 is 11.3 Å². The average Bonchev–Trinajstić information content (AvgIpc) is 2.80. The second-order valence-corrected chi connectivity index (χ2v) is 6.09. The number of nitrogens with one attached hydrogen (secondary N) is 1. The number of anilines is 1. The average molecular weight is 298 g/mol. The van der Waals surface area contributed by atoms with Crippen molar-refractivity contribution in [2.24, 2.45) is 0 Å². The van der Waals surface area contributed by atoms with Crippen molar-refractivity contribution >= 4 is 22.4 Å². The van der Waals surface area contributed by atoms with Crippen LogP contribution < -0.4 is 5.32 Å². The first-order valence-corrected chi connectivity index (χ1v) is 7.93. The molecule has 1 saturated heterocycles. The van der Waals surface area contributed by atoms with E-state index in [2.05, 4.69) is 20.4 Å². The Hall–Kier alpha value is -1.05. The van der Waals surface area contributed by atoms with Crippen LogP contribution in [-0.2, 0) is 16.1 Å². The summed E-state index contributed by atoms with van der Waals surface area (Å²) in [6.45, 7) is 2.90. The van der Waals surface area contributed by atoms with Crippen LogP contribution in [0.5, 0.6) is 0 Å². The zero-order valence-electron chi connectivity index (χ0n) is 11.9. The second-order valence-electron chi connectivity index (χ2n) is 5.03. The molecule has 1 N–H and O–H groups in total. The fourth-order valence-electron chi connectivity index (χ4n) is 2.32. The maximum atomic E-state index is 12.0. The van der Waals surface area contributed by atoms with Crippen LogP contribution in [0.4, 0.5) is 5.13 Å². The number of carbonyl (C=O) groups is 1. The highest BCUT2D eigenvalue weighted by molar-refractivity contribution is 7.15. The fourth-order valence-corrected chi connectivity index (χ4v) is 3.05. The topological polar surface area (TPSA) is 67.4 Å². The molecule has 1 aliphatic heterocycles. The number of methoxy groups -OCH3 is 1. The normalized spacial score (nSPS) is 17.4. The maximum absolute atomic E-state index is 12.0. The van der Waals surface area contributed by atoms with Gasteiger partial charge in [-0.3, -0.25) is 15.0 Å². The van der Waals surface area contributed by atoms with E-state index in [0.29, 0.717) is 18.3 Å². The van der Waals surface area contributed by atoms with Gasteiger partial charge in [-0.2, -0.15) is 0 Å². The number of likely N-dealkylation sites (tertiary alicyclic amines) is 1. The number of amides is 1. The first-order valence-electron chi connectivity index (χ1n) is 7.11. The van der Waals surface area contributed by atoms with Crippen molar-refractivity contribution in [2.45, 2.75) is 38.7 Å². The molecule has 1 aromatic rings. The molecule has 2 heterocycles. The van der Waals surface area contributed by atoms with Gasteiger partial charge in [0.05, 0.1) is 6.54 Å². The first kappa shape index (κ1) is 15.3. The lowest BCUT2D eigenvalue weighted by Gasteiger charge is -2.23. The molecule has 1 amide bonds. The van der Waals surface area contributed by atoms with Crippen LogP contribution in [0, 0.1) is 0 Å². The third kappa shape index (κ3) is 5.15. The van der Waals surface area contributed by atoms with Crippen LogP contribution in [0.2, 0.25) is 0 Å². The number of carbonyl (C=O) groups excluding carboxylic acids is 1. The summed E-state index contributed by atoms with van der Waals surface area (Å²) in [5.41, 5.74) is 0. The Morgan fingerprint density at radius 3 is 2.65 bits per heavy atom. The van der Waals surface area contributed by atoms with Crippen molar-refractivity contribution in [1.82, 2.24) is 15.1 Å². The van der Waals surface area contributed by atoms with E-state index in [9.17, 15) is 4.79 Å². The first-order chi connectivity index (χ1) is 9.78. The summed E-state index contributed by atoms with van der Waals surface area (Å²) in [6.07, 6.45) is 6.24. The van der Waals surface area contributed by atoms with Crippen molar-refractivity contribution in [2.75, 3.05) is 32.1 Å². The summed E-state index contributed by atoms with van der Waals surface area (Å²) in [7, 11) is 1.61. The molecule has 0 unspecified atom stereocenters. The van der Waals surface area contributed by atoms with Crippen molar-refractivity contribution in [3.63, 3.8) is 0 Å². The number of ether oxygens (including phenoxy) is 1. The van der Waals surface area contributed by atoms with Gasteiger partial charge in [0.25, 0.3) is 0 Å². The molecule has 1 aromatic heterocycles. The van der Waals surface area contributed by atoms with Gasteiger partial charge in [-0.1, -0.05) is 30.6 Å². The quantitative estimate of drug-likeness (QED) is 0.899. The van der Waals surface area contributed by atoms with E-state index in [4.69, 9.17) is 4.74 Å². The van der Waals surface area contributed by atoms with Crippen molar-refractivity contribution in [3.05, 3.63) is 5.01 Å². The van der Waals surface area contributed by atoms with Gasteiger partial charge in [0.1, 0.15) is 11.6 Å². The third-order valence-corrected chi connectivity index (χ3v) is 4.11. The summed E-state index contributed by atoms with van der Waals surface area (Å²) in [5.74, 6) is -0.00862. The molecule has 0 aliphatic carbocycles. The van der Waals surface area contributed by atoms with Crippen LogP contribution in [-0.4, -0.2) is 47.7 Å². The van der Waals surface area contributed by atoms with E-state index < -0.39 is 0 Å². The maximum Gasteiger partial charge on any atom is 0.240 e.